The van der Waals surface area contributed by atoms with Gasteiger partial charge in [0, 0.05) is 0 Å². The van der Waals surface area contributed by atoms with Gasteiger partial charge < -0.3 is 10.5 Å². The fraction of sp³-hybridized carbons (Fsp3) is 0.111. The fourth-order valence-corrected chi connectivity index (χ4v) is 2.42. The maximum atomic E-state index is 5.97. The Morgan fingerprint density at radius 2 is 2.31 bits per heavy atom. The van der Waals surface area contributed by atoms with Crippen molar-refractivity contribution in [1.29, 1.82) is 0 Å². The van der Waals surface area contributed by atoms with Crippen molar-refractivity contribution in [2.75, 3.05) is 12.8 Å². The van der Waals surface area contributed by atoms with Crippen LogP contribution < -0.4 is 10.5 Å². The third-order valence-electron chi connectivity index (χ3n) is 1.89. The van der Waals surface area contributed by atoms with Crippen LogP contribution in [0.1, 0.15) is 0 Å². The number of hydrogen-bond donors (Lipinski definition) is 1. The monoisotopic (exact) mass is 213 g/mol. The summed E-state index contributed by atoms with van der Waals surface area (Å²) in [6.45, 7) is 0. The van der Waals surface area contributed by atoms with Crippen molar-refractivity contribution < 1.29 is 4.74 Å². The summed E-state index contributed by atoms with van der Waals surface area (Å²) in [5, 5.41) is 3.61. The highest BCUT2D eigenvalue weighted by Gasteiger charge is 2.10. The van der Waals surface area contributed by atoms with Crippen LogP contribution in [-0.4, -0.2) is 7.11 Å². The van der Waals surface area contributed by atoms with Crippen LogP contribution in [0.25, 0.3) is 10.1 Å². The number of thiophene rings is 1. The summed E-state index contributed by atoms with van der Waals surface area (Å²) in [5.41, 5.74) is 6.50. The molecule has 68 valence electrons. The Balaban J connectivity index is 2.85. The molecule has 2 aromatic rings. The van der Waals surface area contributed by atoms with Crippen LogP contribution in [0.15, 0.2) is 17.5 Å². The lowest BCUT2D eigenvalue weighted by Gasteiger charge is -2.06. The number of nitrogen functional groups attached to an aromatic ring is 1. The van der Waals surface area contributed by atoms with E-state index in [0.717, 1.165) is 10.1 Å². The minimum atomic E-state index is 0.561. The number of fused-ring (bicyclic) bond motifs is 1. The van der Waals surface area contributed by atoms with Gasteiger partial charge in [-0.2, -0.15) is 0 Å². The molecular formula is C9H8ClNOS. The highest BCUT2D eigenvalue weighted by Crippen LogP contribution is 2.39. The Labute approximate surface area is 84.9 Å². The molecule has 0 saturated carbocycles. The zero-order chi connectivity index (χ0) is 9.42. The van der Waals surface area contributed by atoms with Gasteiger partial charge in [-0.15, -0.1) is 11.3 Å². The first-order chi connectivity index (χ1) is 6.24. The van der Waals surface area contributed by atoms with Crippen LogP contribution in [0.3, 0.4) is 0 Å². The summed E-state index contributed by atoms with van der Waals surface area (Å²) in [5.74, 6) is 0.566. The third-order valence-corrected chi connectivity index (χ3v) is 3.13. The molecular weight excluding hydrogens is 206 g/mol. The summed E-state index contributed by atoms with van der Waals surface area (Å²) >= 11 is 7.55. The van der Waals surface area contributed by atoms with E-state index in [0.29, 0.717) is 16.5 Å². The number of ether oxygens (including phenoxy) is 1. The van der Waals surface area contributed by atoms with E-state index < -0.39 is 0 Å². The van der Waals surface area contributed by atoms with Gasteiger partial charge in [-0.1, -0.05) is 11.6 Å². The largest absolute Gasteiger partial charge is 0.493 e. The summed E-state index contributed by atoms with van der Waals surface area (Å²) in [6.07, 6.45) is 0. The van der Waals surface area contributed by atoms with Gasteiger partial charge in [0.05, 0.1) is 22.5 Å². The molecule has 1 aromatic carbocycles. The Bertz CT molecular complexity index is 452. The lowest BCUT2D eigenvalue weighted by atomic mass is 10.2. The number of benzene rings is 1. The Kier molecular flexibility index (Phi) is 2.06. The summed E-state index contributed by atoms with van der Waals surface area (Å²) < 4.78 is 6.13. The zero-order valence-corrected chi connectivity index (χ0v) is 8.58. The van der Waals surface area contributed by atoms with E-state index >= 15 is 0 Å². The maximum absolute atomic E-state index is 5.97. The number of rotatable bonds is 1. The molecule has 0 aliphatic heterocycles. The van der Waals surface area contributed by atoms with Crippen LogP contribution >= 0.6 is 22.9 Å². The first-order valence-electron chi connectivity index (χ1n) is 3.73. The minimum absolute atomic E-state index is 0.561. The average molecular weight is 214 g/mol. The molecule has 1 heterocycles. The van der Waals surface area contributed by atoms with Crippen molar-refractivity contribution in [3.63, 3.8) is 0 Å². The lowest BCUT2D eigenvalue weighted by molar-refractivity contribution is 0.418. The predicted molar refractivity (Wildman–Crippen MR) is 57.8 cm³/mol. The molecule has 1 aromatic heterocycles. The molecule has 0 amide bonds. The SMILES string of the molecule is COc1c(Cl)cc2ccsc2c1N. The Morgan fingerprint density at radius 3 is 3.00 bits per heavy atom. The standard InChI is InChI=1S/C9H8ClNOS/c1-12-8-6(10)4-5-2-3-13-9(5)7(8)11/h2-4H,11H2,1H3. The number of halogens is 1. The quantitative estimate of drug-likeness (QED) is 0.739. The van der Waals surface area contributed by atoms with Gasteiger partial charge in [0.25, 0.3) is 0 Å². The van der Waals surface area contributed by atoms with E-state index in [2.05, 4.69) is 0 Å². The van der Waals surface area contributed by atoms with Crippen LogP contribution in [-0.2, 0) is 0 Å². The molecule has 2 N–H and O–H groups in total. The van der Waals surface area contributed by atoms with Crippen molar-refractivity contribution in [1.82, 2.24) is 0 Å². The van der Waals surface area contributed by atoms with Gasteiger partial charge in [-0.3, -0.25) is 0 Å². The van der Waals surface area contributed by atoms with Gasteiger partial charge in [-0.25, -0.2) is 0 Å². The number of nitrogens with two attached hydrogens (primary N) is 1. The van der Waals surface area contributed by atoms with E-state index in [-0.39, 0.29) is 0 Å². The van der Waals surface area contributed by atoms with Crippen LogP contribution in [0.4, 0.5) is 5.69 Å². The first kappa shape index (κ1) is 8.66. The average Bonchev–Trinajstić information content (AvgIpc) is 2.53. The van der Waals surface area contributed by atoms with E-state index in [1.165, 1.54) is 0 Å². The van der Waals surface area contributed by atoms with Crippen molar-refractivity contribution in [2.45, 2.75) is 0 Å². The highest BCUT2D eigenvalue weighted by atomic mass is 35.5. The summed E-state index contributed by atoms with van der Waals surface area (Å²) in [7, 11) is 1.57. The molecule has 0 spiro atoms. The molecule has 0 saturated heterocycles. The van der Waals surface area contributed by atoms with Gasteiger partial charge in [0.15, 0.2) is 5.75 Å². The molecule has 0 atom stereocenters. The van der Waals surface area contributed by atoms with Crippen molar-refractivity contribution in [2.24, 2.45) is 0 Å². The van der Waals surface area contributed by atoms with E-state index in [1.54, 1.807) is 18.4 Å². The molecule has 2 nitrogen and oxygen atoms in total. The molecule has 4 heteroatoms. The molecule has 0 aliphatic rings. The molecule has 2 rings (SSSR count). The molecule has 13 heavy (non-hydrogen) atoms. The number of anilines is 1. The maximum Gasteiger partial charge on any atom is 0.161 e. The van der Waals surface area contributed by atoms with Gasteiger partial charge in [-0.05, 0) is 22.9 Å². The van der Waals surface area contributed by atoms with E-state index in [1.807, 2.05) is 17.5 Å². The summed E-state index contributed by atoms with van der Waals surface area (Å²) in [4.78, 5) is 0. The second-order valence-corrected chi connectivity index (χ2v) is 3.97. The fourth-order valence-electron chi connectivity index (χ4n) is 1.29. The van der Waals surface area contributed by atoms with Crippen LogP contribution in [0, 0.1) is 0 Å². The topological polar surface area (TPSA) is 35.2 Å². The van der Waals surface area contributed by atoms with Crippen LogP contribution in [0.5, 0.6) is 5.75 Å². The molecule has 0 bridgehead atoms. The molecule has 0 fully saturated rings. The van der Waals surface area contributed by atoms with E-state index in [9.17, 15) is 0 Å². The minimum Gasteiger partial charge on any atom is -0.493 e. The Morgan fingerprint density at radius 1 is 1.54 bits per heavy atom. The van der Waals surface area contributed by atoms with Crippen LogP contribution in [0.2, 0.25) is 5.02 Å². The van der Waals surface area contributed by atoms with Gasteiger partial charge >= 0.3 is 0 Å². The second kappa shape index (κ2) is 3.09. The van der Waals surface area contributed by atoms with Crippen molar-refractivity contribution in [3.8, 4) is 5.75 Å². The second-order valence-electron chi connectivity index (χ2n) is 2.64. The molecule has 0 radical (unpaired) electrons. The van der Waals surface area contributed by atoms with E-state index in [4.69, 9.17) is 22.1 Å². The first-order valence-corrected chi connectivity index (χ1v) is 4.99. The third kappa shape index (κ3) is 1.24. The summed E-state index contributed by atoms with van der Waals surface area (Å²) in [6, 6.07) is 3.85. The zero-order valence-electron chi connectivity index (χ0n) is 7.00. The number of hydrogen-bond acceptors (Lipinski definition) is 3. The highest BCUT2D eigenvalue weighted by molar-refractivity contribution is 7.17. The normalized spacial score (nSPS) is 10.6. The number of methoxy groups -OCH3 is 1. The van der Waals surface area contributed by atoms with Gasteiger partial charge in [0.1, 0.15) is 0 Å². The Hall–Kier alpha value is -0.930. The van der Waals surface area contributed by atoms with Crippen molar-refractivity contribution in [3.05, 3.63) is 22.5 Å². The molecule has 0 unspecified atom stereocenters. The van der Waals surface area contributed by atoms with Gasteiger partial charge in [0.2, 0.25) is 0 Å². The lowest BCUT2D eigenvalue weighted by Crippen LogP contribution is -1.92. The predicted octanol–water partition coefficient (Wildman–Crippen LogP) is 3.15. The van der Waals surface area contributed by atoms with Crippen molar-refractivity contribution >= 4 is 38.7 Å². The molecule has 0 aliphatic carbocycles. The smallest absolute Gasteiger partial charge is 0.161 e.